The van der Waals surface area contributed by atoms with Crippen LogP contribution in [0.15, 0.2) is 91.1 Å². The molecule has 7 nitrogen and oxygen atoms in total. The molecule has 0 atom stereocenters. The molecule has 158 valence electrons. The molecule has 31 heavy (non-hydrogen) atoms. The van der Waals surface area contributed by atoms with Gasteiger partial charge in [-0.15, -0.1) is 0 Å². The molecule has 0 saturated heterocycles. The summed E-state index contributed by atoms with van der Waals surface area (Å²) in [7, 11) is 0. The maximum atomic E-state index is 10.8. The predicted molar refractivity (Wildman–Crippen MR) is 121 cm³/mol. The Morgan fingerprint density at radius 2 is 1.97 bits per heavy atom. The van der Waals surface area contributed by atoms with Crippen molar-refractivity contribution in [2.24, 2.45) is 0 Å². The molecule has 0 amide bonds. The van der Waals surface area contributed by atoms with Crippen LogP contribution in [0.1, 0.15) is 11.1 Å². The van der Waals surface area contributed by atoms with Crippen LogP contribution in [0, 0.1) is 17.0 Å². The van der Waals surface area contributed by atoms with E-state index in [-0.39, 0.29) is 24.7 Å². The van der Waals surface area contributed by atoms with E-state index in [1.54, 1.807) is 6.08 Å². The zero-order valence-electron chi connectivity index (χ0n) is 17.2. The van der Waals surface area contributed by atoms with Gasteiger partial charge in [-0.05, 0) is 30.7 Å². The Balaban J connectivity index is 1.76. The number of ether oxygens (including phenoxy) is 1. The van der Waals surface area contributed by atoms with Gasteiger partial charge >= 0.3 is 0 Å². The van der Waals surface area contributed by atoms with Gasteiger partial charge < -0.3 is 14.2 Å². The molecule has 2 aromatic heterocycles. The van der Waals surface area contributed by atoms with Crippen LogP contribution < -0.4 is 0 Å². The number of fused-ring (bicyclic) bond motifs is 1. The molecule has 3 rings (SSSR count). The summed E-state index contributed by atoms with van der Waals surface area (Å²) in [5.74, 6) is 0.184. The lowest BCUT2D eigenvalue weighted by molar-refractivity contribution is -0.418. The largest absolute Gasteiger partial charge is 0.490 e. The number of nitro groups is 1. The minimum absolute atomic E-state index is 0.00305. The summed E-state index contributed by atoms with van der Waals surface area (Å²) < 4.78 is 7.36. The van der Waals surface area contributed by atoms with Gasteiger partial charge in [-0.3, -0.25) is 10.1 Å². The summed E-state index contributed by atoms with van der Waals surface area (Å²) in [6, 6.07) is 11.9. The van der Waals surface area contributed by atoms with Crippen molar-refractivity contribution in [3.05, 3.63) is 112 Å². The van der Waals surface area contributed by atoms with Crippen molar-refractivity contribution in [2.45, 2.75) is 6.92 Å². The number of aliphatic hydroxyl groups is 1. The number of benzene rings is 1. The topological polar surface area (TPSA) is 89.9 Å². The number of allylic oxidation sites excluding steroid dienone is 2. The van der Waals surface area contributed by atoms with E-state index in [1.165, 1.54) is 6.08 Å². The van der Waals surface area contributed by atoms with Crippen molar-refractivity contribution in [1.29, 1.82) is 0 Å². The molecule has 0 aliphatic heterocycles. The van der Waals surface area contributed by atoms with Crippen LogP contribution in [0.25, 0.3) is 23.0 Å². The highest BCUT2D eigenvalue weighted by Crippen LogP contribution is 2.21. The fourth-order valence-corrected chi connectivity index (χ4v) is 2.87. The zero-order chi connectivity index (χ0) is 22.4. The monoisotopic (exact) mass is 417 g/mol. The first-order valence-corrected chi connectivity index (χ1v) is 9.59. The summed E-state index contributed by atoms with van der Waals surface area (Å²) in [5, 5.41) is 19.8. The second-order valence-electron chi connectivity index (χ2n) is 6.91. The van der Waals surface area contributed by atoms with Gasteiger partial charge in [0.1, 0.15) is 18.0 Å². The number of hydrogen-bond acceptors (Lipinski definition) is 5. The maximum absolute atomic E-state index is 10.8. The molecule has 2 heterocycles. The fourth-order valence-electron chi connectivity index (χ4n) is 2.87. The Morgan fingerprint density at radius 1 is 1.23 bits per heavy atom. The Hall–Kier alpha value is -3.97. The SMILES string of the molecule is C=C(/C=C/c1ccc(-c2cn3cc(C)ccc3n2)cc1)/C(=C\C(=C)[N+](=O)[O-])OCCO. The molecule has 0 aliphatic carbocycles. The number of hydrogen-bond donors (Lipinski definition) is 1. The second kappa shape index (κ2) is 9.69. The number of nitrogens with zero attached hydrogens (tertiary/aromatic N) is 3. The Bertz CT molecular complexity index is 1190. The molecule has 3 aromatic rings. The Kier molecular flexibility index (Phi) is 6.79. The van der Waals surface area contributed by atoms with E-state index in [2.05, 4.69) is 18.1 Å². The summed E-state index contributed by atoms with van der Waals surface area (Å²) >= 11 is 0. The third kappa shape index (κ3) is 5.55. The van der Waals surface area contributed by atoms with Gasteiger partial charge in [0.15, 0.2) is 0 Å². The van der Waals surface area contributed by atoms with Crippen molar-refractivity contribution >= 4 is 11.7 Å². The molecular formula is C24H23N3O4. The number of imidazole rings is 1. The van der Waals surface area contributed by atoms with Gasteiger partial charge in [-0.25, -0.2) is 4.98 Å². The highest BCUT2D eigenvalue weighted by Gasteiger charge is 2.09. The molecule has 0 unspecified atom stereocenters. The van der Waals surface area contributed by atoms with Gasteiger partial charge in [0, 0.05) is 23.5 Å². The lowest BCUT2D eigenvalue weighted by Crippen LogP contribution is -2.03. The van der Waals surface area contributed by atoms with E-state index in [0.29, 0.717) is 5.57 Å². The average Bonchev–Trinajstić information content (AvgIpc) is 3.18. The number of aromatic nitrogens is 2. The third-order valence-electron chi connectivity index (χ3n) is 4.48. The first-order chi connectivity index (χ1) is 14.9. The molecule has 0 fully saturated rings. The van der Waals surface area contributed by atoms with Crippen LogP contribution >= 0.6 is 0 Å². The highest BCUT2D eigenvalue weighted by molar-refractivity contribution is 5.65. The molecule has 1 aromatic carbocycles. The van der Waals surface area contributed by atoms with Crippen LogP contribution in [0.2, 0.25) is 0 Å². The average molecular weight is 417 g/mol. The van der Waals surface area contributed by atoms with E-state index in [9.17, 15) is 10.1 Å². The van der Waals surface area contributed by atoms with E-state index in [0.717, 1.165) is 28.0 Å². The summed E-state index contributed by atoms with van der Waals surface area (Å²) in [4.78, 5) is 14.9. The molecular weight excluding hydrogens is 394 g/mol. The lowest BCUT2D eigenvalue weighted by atomic mass is 10.1. The molecule has 7 heteroatoms. The zero-order valence-corrected chi connectivity index (χ0v) is 17.2. The fraction of sp³-hybridized carbons (Fsp3) is 0.125. The van der Waals surface area contributed by atoms with Crippen LogP contribution in [0.5, 0.6) is 0 Å². The maximum Gasteiger partial charge on any atom is 0.266 e. The first kappa shape index (κ1) is 21.7. The molecule has 0 saturated carbocycles. The molecule has 1 N–H and O–H groups in total. The van der Waals surface area contributed by atoms with Crippen molar-refractivity contribution < 1.29 is 14.8 Å². The third-order valence-corrected chi connectivity index (χ3v) is 4.48. The van der Waals surface area contributed by atoms with E-state index in [4.69, 9.17) is 9.84 Å². The Morgan fingerprint density at radius 3 is 2.65 bits per heavy atom. The van der Waals surface area contributed by atoms with Gasteiger partial charge in [-0.2, -0.15) is 0 Å². The normalized spacial score (nSPS) is 11.7. The lowest BCUT2D eigenvalue weighted by Gasteiger charge is -2.09. The van der Waals surface area contributed by atoms with Gasteiger partial charge in [-0.1, -0.05) is 49.1 Å². The Labute approximate surface area is 180 Å². The predicted octanol–water partition coefficient (Wildman–Crippen LogP) is 4.56. The second-order valence-corrected chi connectivity index (χ2v) is 6.91. The van der Waals surface area contributed by atoms with Crippen molar-refractivity contribution in [1.82, 2.24) is 9.38 Å². The number of pyridine rings is 1. The standard InChI is InChI=1S/C24H23N3O4/c1-17-4-11-24-25-22(16-26(24)15-17)21-9-7-20(8-10-21)6-5-18(2)23(31-13-12-28)14-19(3)27(29)30/h4-11,14-16,28H,2-3,12-13H2,1H3/b6-5+,23-14+. The number of aliphatic hydroxyl groups excluding tert-OH is 1. The van der Waals surface area contributed by atoms with Crippen LogP contribution in [-0.4, -0.2) is 32.6 Å². The highest BCUT2D eigenvalue weighted by atomic mass is 16.6. The number of rotatable bonds is 9. The quantitative estimate of drug-likeness (QED) is 0.239. The van der Waals surface area contributed by atoms with Crippen LogP contribution in [-0.2, 0) is 4.74 Å². The summed E-state index contributed by atoms with van der Waals surface area (Å²) in [5.41, 5.74) is 4.94. The number of aryl methyl sites for hydroxylation is 1. The van der Waals surface area contributed by atoms with Crippen LogP contribution in [0.3, 0.4) is 0 Å². The minimum atomic E-state index is -0.612. The molecule has 0 bridgehead atoms. The van der Waals surface area contributed by atoms with Gasteiger partial charge in [0.25, 0.3) is 5.70 Å². The van der Waals surface area contributed by atoms with Crippen molar-refractivity contribution in [3.8, 4) is 11.3 Å². The molecule has 0 spiro atoms. The summed E-state index contributed by atoms with van der Waals surface area (Å²) in [6.45, 7) is 9.08. The van der Waals surface area contributed by atoms with Crippen molar-refractivity contribution in [3.63, 3.8) is 0 Å². The van der Waals surface area contributed by atoms with E-state index in [1.807, 2.05) is 66.2 Å². The van der Waals surface area contributed by atoms with Crippen LogP contribution in [0.4, 0.5) is 0 Å². The first-order valence-electron chi connectivity index (χ1n) is 9.59. The van der Waals surface area contributed by atoms with Crippen molar-refractivity contribution in [2.75, 3.05) is 13.2 Å². The summed E-state index contributed by atoms with van der Waals surface area (Å²) in [6.07, 6.45) is 8.73. The van der Waals surface area contributed by atoms with Gasteiger partial charge in [0.2, 0.25) is 0 Å². The molecule has 0 radical (unpaired) electrons. The smallest absolute Gasteiger partial charge is 0.266 e. The van der Waals surface area contributed by atoms with Gasteiger partial charge in [0.05, 0.1) is 23.3 Å². The van der Waals surface area contributed by atoms with E-state index < -0.39 is 4.92 Å². The van der Waals surface area contributed by atoms with E-state index >= 15 is 0 Å². The molecule has 0 aliphatic rings. The minimum Gasteiger partial charge on any atom is -0.490 e.